The SMILES string of the molecule is Fc1cnc(-c2cccc3cccnc23)nc1. The Balaban J connectivity index is 2.27. The molecule has 0 aliphatic carbocycles. The first-order chi connectivity index (χ1) is 8.34. The van der Waals surface area contributed by atoms with E-state index in [2.05, 4.69) is 15.0 Å². The molecule has 0 aliphatic rings. The van der Waals surface area contributed by atoms with Gasteiger partial charge in [0.15, 0.2) is 11.6 Å². The lowest BCUT2D eigenvalue weighted by molar-refractivity contribution is 0.614. The average Bonchev–Trinajstić information content (AvgIpc) is 2.39. The highest BCUT2D eigenvalue weighted by Gasteiger charge is 2.06. The minimum Gasteiger partial charge on any atom is -0.255 e. The highest BCUT2D eigenvalue weighted by Crippen LogP contribution is 2.23. The van der Waals surface area contributed by atoms with Gasteiger partial charge in [-0.3, -0.25) is 4.98 Å². The van der Waals surface area contributed by atoms with Gasteiger partial charge in [0.2, 0.25) is 0 Å². The van der Waals surface area contributed by atoms with Crippen LogP contribution >= 0.6 is 0 Å². The van der Waals surface area contributed by atoms with Crippen LogP contribution in [0, 0.1) is 5.82 Å². The zero-order chi connectivity index (χ0) is 11.7. The quantitative estimate of drug-likeness (QED) is 0.639. The summed E-state index contributed by atoms with van der Waals surface area (Å²) in [5, 5.41) is 1.01. The second-order valence-electron chi connectivity index (χ2n) is 3.61. The summed E-state index contributed by atoms with van der Waals surface area (Å²) in [7, 11) is 0. The molecule has 0 N–H and O–H groups in total. The zero-order valence-electron chi connectivity index (χ0n) is 8.84. The fourth-order valence-corrected chi connectivity index (χ4v) is 1.74. The molecule has 1 aromatic carbocycles. The van der Waals surface area contributed by atoms with Crippen LogP contribution in [-0.4, -0.2) is 15.0 Å². The van der Waals surface area contributed by atoms with E-state index in [1.54, 1.807) is 6.20 Å². The maximum Gasteiger partial charge on any atom is 0.161 e. The third-order valence-electron chi connectivity index (χ3n) is 2.49. The molecule has 2 aromatic heterocycles. The van der Waals surface area contributed by atoms with Gasteiger partial charge in [0.1, 0.15) is 0 Å². The molecule has 0 unspecified atom stereocenters. The molecule has 3 rings (SSSR count). The maximum atomic E-state index is 12.8. The molecule has 0 aliphatic heterocycles. The van der Waals surface area contributed by atoms with Crippen molar-refractivity contribution in [1.82, 2.24) is 15.0 Å². The van der Waals surface area contributed by atoms with Crippen molar-refractivity contribution in [2.75, 3.05) is 0 Å². The summed E-state index contributed by atoms with van der Waals surface area (Å²) in [6.07, 6.45) is 4.03. The van der Waals surface area contributed by atoms with E-state index in [9.17, 15) is 4.39 Å². The molecule has 0 bridgehead atoms. The number of nitrogens with zero attached hydrogens (tertiary/aromatic N) is 3. The van der Waals surface area contributed by atoms with Gasteiger partial charge in [0.25, 0.3) is 0 Å². The van der Waals surface area contributed by atoms with Crippen molar-refractivity contribution in [1.29, 1.82) is 0 Å². The summed E-state index contributed by atoms with van der Waals surface area (Å²) >= 11 is 0. The van der Waals surface area contributed by atoms with Crippen LogP contribution < -0.4 is 0 Å². The summed E-state index contributed by atoms with van der Waals surface area (Å²) < 4.78 is 12.8. The summed E-state index contributed by atoms with van der Waals surface area (Å²) in [5.74, 6) is 0.0395. The summed E-state index contributed by atoms with van der Waals surface area (Å²) in [6.45, 7) is 0. The van der Waals surface area contributed by atoms with Crippen LogP contribution in [-0.2, 0) is 0 Å². The third kappa shape index (κ3) is 1.73. The predicted molar refractivity (Wildman–Crippen MR) is 62.7 cm³/mol. The molecule has 0 fully saturated rings. The van der Waals surface area contributed by atoms with E-state index >= 15 is 0 Å². The lowest BCUT2D eigenvalue weighted by Gasteiger charge is -2.03. The molecular formula is C13H8FN3. The highest BCUT2D eigenvalue weighted by atomic mass is 19.1. The Hall–Kier alpha value is -2.36. The van der Waals surface area contributed by atoms with Crippen LogP contribution in [0.4, 0.5) is 4.39 Å². The molecule has 4 heteroatoms. The van der Waals surface area contributed by atoms with Gasteiger partial charge in [-0.25, -0.2) is 14.4 Å². The van der Waals surface area contributed by atoms with E-state index < -0.39 is 5.82 Å². The van der Waals surface area contributed by atoms with Gasteiger partial charge < -0.3 is 0 Å². The molecular weight excluding hydrogens is 217 g/mol. The zero-order valence-corrected chi connectivity index (χ0v) is 8.84. The van der Waals surface area contributed by atoms with Crippen LogP contribution in [0.2, 0.25) is 0 Å². The summed E-state index contributed by atoms with van der Waals surface area (Å²) in [4.78, 5) is 12.3. The number of benzene rings is 1. The second kappa shape index (κ2) is 3.90. The van der Waals surface area contributed by atoms with E-state index in [0.29, 0.717) is 5.82 Å². The average molecular weight is 225 g/mol. The van der Waals surface area contributed by atoms with Gasteiger partial charge in [-0.2, -0.15) is 0 Å². The molecule has 0 saturated carbocycles. The molecule has 0 saturated heterocycles. The van der Waals surface area contributed by atoms with Crippen molar-refractivity contribution >= 4 is 10.9 Å². The molecule has 3 aromatic rings. The largest absolute Gasteiger partial charge is 0.255 e. The van der Waals surface area contributed by atoms with Crippen LogP contribution in [0.25, 0.3) is 22.3 Å². The highest BCUT2D eigenvalue weighted by molar-refractivity contribution is 5.91. The third-order valence-corrected chi connectivity index (χ3v) is 2.49. The van der Waals surface area contributed by atoms with Crippen molar-refractivity contribution < 1.29 is 4.39 Å². The van der Waals surface area contributed by atoms with Gasteiger partial charge in [0, 0.05) is 17.1 Å². The first-order valence-corrected chi connectivity index (χ1v) is 5.16. The number of hydrogen-bond donors (Lipinski definition) is 0. The minimum absolute atomic E-state index is 0.443. The first kappa shape index (κ1) is 9.84. The van der Waals surface area contributed by atoms with Crippen molar-refractivity contribution in [3.63, 3.8) is 0 Å². The molecule has 3 nitrogen and oxygen atoms in total. The van der Waals surface area contributed by atoms with Gasteiger partial charge in [-0.1, -0.05) is 18.2 Å². The van der Waals surface area contributed by atoms with E-state index in [-0.39, 0.29) is 0 Å². The molecule has 0 spiro atoms. The van der Waals surface area contributed by atoms with Gasteiger partial charge in [-0.15, -0.1) is 0 Å². The fourth-order valence-electron chi connectivity index (χ4n) is 1.74. The topological polar surface area (TPSA) is 38.7 Å². The lowest BCUT2D eigenvalue weighted by Crippen LogP contribution is -1.91. The second-order valence-corrected chi connectivity index (χ2v) is 3.61. The Morgan fingerprint density at radius 3 is 2.47 bits per heavy atom. The van der Waals surface area contributed by atoms with E-state index in [0.717, 1.165) is 28.9 Å². The van der Waals surface area contributed by atoms with Crippen LogP contribution in [0.3, 0.4) is 0 Å². The Morgan fingerprint density at radius 1 is 0.882 bits per heavy atom. The number of fused-ring (bicyclic) bond motifs is 1. The Labute approximate surface area is 97.0 Å². The maximum absolute atomic E-state index is 12.8. The molecule has 0 radical (unpaired) electrons. The Morgan fingerprint density at radius 2 is 1.65 bits per heavy atom. The molecule has 2 heterocycles. The van der Waals surface area contributed by atoms with Crippen molar-refractivity contribution in [3.8, 4) is 11.4 Å². The molecule has 0 amide bonds. The van der Waals surface area contributed by atoms with Crippen LogP contribution in [0.5, 0.6) is 0 Å². The number of hydrogen-bond acceptors (Lipinski definition) is 3. The lowest BCUT2D eigenvalue weighted by atomic mass is 10.1. The predicted octanol–water partition coefficient (Wildman–Crippen LogP) is 2.83. The van der Waals surface area contributed by atoms with Gasteiger partial charge in [0.05, 0.1) is 17.9 Å². The van der Waals surface area contributed by atoms with Crippen molar-refractivity contribution in [2.45, 2.75) is 0 Å². The molecule has 0 atom stereocenters. The molecule has 82 valence electrons. The van der Waals surface area contributed by atoms with Crippen molar-refractivity contribution in [3.05, 3.63) is 54.7 Å². The molecule has 17 heavy (non-hydrogen) atoms. The summed E-state index contributed by atoms with van der Waals surface area (Å²) in [5.41, 5.74) is 1.63. The Bertz CT molecular complexity index is 660. The number of para-hydroxylation sites is 1. The van der Waals surface area contributed by atoms with E-state index in [1.165, 1.54) is 0 Å². The monoisotopic (exact) mass is 225 g/mol. The summed E-state index contributed by atoms with van der Waals surface area (Å²) in [6, 6.07) is 9.59. The normalized spacial score (nSPS) is 10.6. The van der Waals surface area contributed by atoms with Crippen LogP contribution in [0.15, 0.2) is 48.9 Å². The minimum atomic E-state index is -0.443. The van der Waals surface area contributed by atoms with Gasteiger partial charge in [-0.05, 0) is 12.1 Å². The number of pyridine rings is 1. The number of rotatable bonds is 1. The van der Waals surface area contributed by atoms with Gasteiger partial charge >= 0.3 is 0 Å². The first-order valence-electron chi connectivity index (χ1n) is 5.16. The number of aromatic nitrogens is 3. The van der Waals surface area contributed by atoms with Crippen molar-refractivity contribution in [2.24, 2.45) is 0 Å². The van der Waals surface area contributed by atoms with Crippen LogP contribution in [0.1, 0.15) is 0 Å². The smallest absolute Gasteiger partial charge is 0.161 e. The number of halogens is 1. The van der Waals surface area contributed by atoms with E-state index in [1.807, 2.05) is 30.3 Å². The Kier molecular flexibility index (Phi) is 2.26. The van der Waals surface area contributed by atoms with E-state index in [4.69, 9.17) is 0 Å². The fraction of sp³-hybridized carbons (Fsp3) is 0. The standard InChI is InChI=1S/C13H8FN3/c14-10-7-16-13(17-8-10)11-5-1-3-9-4-2-6-15-12(9)11/h1-8H.